The lowest BCUT2D eigenvalue weighted by Gasteiger charge is -2.14. The molecule has 0 saturated carbocycles. The lowest BCUT2D eigenvalue weighted by Crippen LogP contribution is -2.01. The van der Waals surface area contributed by atoms with Crippen LogP contribution in [0.25, 0.3) is 0 Å². The van der Waals surface area contributed by atoms with Gasteiger partial charge in [0.2, 0.25) is 0 Å². The second kappa shape index (κ2) is 5.04. The summed E-state index contributed by atoms with van der Waals surface area (Å²) in [4.78, 5) is 0. The molecule has 1 atom stereocenters. The molecule has 4 heteroatoms. The van der Waals surface area contributed by atoms with E-state index in [0.717, 1.165) is 22.4 Å². The Balaban J connectivity index is 2.40. The smallest absolute Gasteiger partial charge is 0.193 e. The van der Waals surface area contributed by atoms with Crippen LogP contribution in [0, 0.1) is 13.8 Å². The van der Waals surface area contributed by atoms with E-state index in [1.165, 1.54) is 0 Å². The van der Waals surface area contributed by atoms with E-state index in [2.05, 4.69) is 0 Å². The average molecular weight is 267 g/mol. The van der Waals surface area contributed by atoms with Crippen molar-refractivity contribution >= 4 is 11.6 Å². The van der Waals surface area contributed by atoms with Crippen LogP contribution in [-0.2, 0) is 0 Å². The number of aryl methyl sites for hydroxylation is 2. The summed E-state index contributed by atoms with van der Waals surface area (Å²) in [6.07, 6.45) is -0.819. The van der Waals surface area contributed by atoms with Gasteiger partial charge >= 0.3 is 0 Å². The molecule has 18 heavy (non-hydrogen) atoms. The van der Waals surface area contributed by atoms with Crippen molar-refractivity contribution in [1.82, 2.24) is 0 Å². The molecule has 0 fully saturated rings. The molecule has 1 N–H and O–H groups in total. The van der Waals surface area contributed by atoms with E-state index in [0.29, 0.717) is 5.76 Å². The number of furan rings is 1. The molecule has 2 aromatic rings. The van der Waals surface area contributed by atoms with Gasteiger partial charge in [0.05, 0.1) is 7.11 Å². The summed E-state index contributed by atoms with van der Waals surface area (Å²) in [6.45, 7) is 3.88. The highest BCUT2D eigenvalue weighted by Crippen LogP contribution is 2.31. The lowest BCUT2D eigenvalue weighted by atomic mass is 10.0. The van der Waals surface area contributed by atoms with Crippen LogP contribution in [0.15, 0.2) is 28.7 Å². The quantitative estimate of drug-likeness (QED) is 0.922. The van der Waals surface area contributed by atoms with Gasteiger partial charge in [0, 0.05) is 0 Å². The highest BCUT2D eigenvalue weighted by Gasteiger charge is 2.17. The van der Waals surface area contributed by atoms with Gasteiger partial charge in [-0.3, -0.25) is 0 Å². The summed E-state index contributed by atoms with van der Waals surface area (Å²) in [5.74, 6) is 1.27. The molecule has 0 spiro atoms. The third kappa shape index (κ3) is 2.37. The van der Waals surface area contributed by atoms with Crippen molar-refractivity contribution in [2.45, 2.75) is 20.0 Å². The van der Waals surface area contributed by atoms with Crippen molar-refractivity contribution < 1.29 is 14.3 Å². The summed E-state index contributed by atoms with van der Waals surface area (Å²) in [5, 5.41) is 10.5. The third-order valence-corrected chi connectivity index (χ3v) is 3.07. The number of ether oxygens (including phenoxy) is 1. The highest BCUT2D eigenvalue weighted by molar-refractivity contribution is 6.28. The summed E-state index contributed by atoms with van der Waals surface area (Å²) in [6, 6.07) is 7.05. The SMILES string of the molecule is COc1c(C)cc(C(O)c2ccc(Cl)o2)cc1C. The van der Waals surface area contributed by atoms with E-state index in [9.17, 15) is 5.11 Å². The fourth-order valence-electron chi connectivity index (χ4n) is 2.10. The Bertz CT molecular complexity index is 537. The average Bonchev–Trinajstić information content (AvgIpc) is 2.74. The van der Waals surface area contributed by atoms with Crippen molar-refractivity contribution in [3.63, 3.8) is 0 Å². The first-order chi connectivity index (χ1) is 8.52. The van der Waals surface area contributed by atoms with Crippen molar-refractivity contribution in [2.24, 2.45) is 0 Å². The van der Waals surface area contributed by atoms with Crippen molar-refractivity contribution in [1.29, 1.82) is 0 Å². The van der Waals surface area contributed by atoms with Crippen LogP contribution in [0.4, 0.5) is 0 Å². The molecule has 1 unspecified atom stereocenters. The van der Waals surface area contributed by atoms with Gasteiger partial charge in [-0.2, -0.15) is 0 Å². The number of benzene rings is 1. The Labute approximate surface area is 111 Å². The van der Waals surface area contributed by atoms with E-state index >= 15 is 0 Å². The molecule has 0 bridgehead atoms. The Morgan fingerprint density at radius 2 is 1.83 bits per heavy atom. The van der Waals surface area contributed by atoms with Gasteiger partial charge in [-0.1, -0.05) is 0 Å². The zero-order valence-corrected chi connectivity index (χ0v) is 11.3. The fourth-order valence-corrected chi connectivity index (χ4v) is 2.26. The van der Waals surface area contributed by atoms with Gasteiger partial charge in [0.25, 0.3) is 0 Å². The van der Waals surface area contributed by atoms with E-state index in [4.69, 9.17) is 20.8 Å². The molecule has 0 radical (unpaired) electrons. The van der Waals surface area contributed by atoms with Gasteiger partial charge in [-0.15, -0.1) is 0 Å². The minimum absolute atomic E-state index is 0.269. The van der Waals surface area contributed by atoms with Crippen molar-refractivity contribution in [3.05, 3.63) is 51.9 Å². The molecule has 1 aromatic heterocycles. The second-order valence-corrected chi connectivity index (χ2v) is 4.60. The first kappa shape index (κ1) is 13.0. The summed E-state index contributed by atoms with van der Waals surface area (Å²) in [7, 11) is 1.64. The van der Waals surface area contributed by atoms with Crippen molar-refractivity contribution in [3.8, 4) is 5.75 Å². The van der Waals surface area contributed by atoms with Crippen LogP contribution in [0.3, 0.4) is 0 Å². The van der Waals surface area contributed by atoms with Crippen LogP contribution in [0.1, 0.15) is 28.6 Å². The normalized spacial score (nSPS) is 12.5. The molecule has 1 aromatic carbocycles. The highest BCUT2D eigenvalue weighted by atomic mass is 35.5. The first-order valence-corrected chi connectivity index (χ1v) is 5.99. The van der Waals surface area contributed by atoms with Crippen LogP contribution in [-0.4, -0.2) is 12.2 Å². The zero-order chi connectivity index (χ0) is 13.3. The molecular weight excluding hydrogens is 252 g/mol. The molecular formula is C14H15ClO3. The van der Waals surface area contributed by atoms with Crippen molar-refractivity contribution in [2.75, 3.05) is 7.11 Å². The number of aliphatic hydroxyl groups is 1. The molecule has 0 amide bonds. The van der Waals surface area contributed by atoms with E-state index in [1.54, 1.807) is 19.2 Å². The standard InChI is InChI=1S/C14H15ClO3/c1-8-6-10(7-9(2)14(8)17-3)13(16)11-4-5-12(15)18-11/h4-7,13,16H,1-3H3. The maximum absolute atomic E-state index is 10.2. The number of aliphatic hydroxyl groups excluding tert-OH is 1. The number of halogens is 1. The predicted octanol–water partition coefficient (Wildman–Crippen LogP) is 3.64. The van der Waals surface area contributed by atoms with E-state index in [-0.39, 0.29) is 5.22 Å². The Hall–Kier alpha value is -1.45. The number of methoxy groups -OCH3 is 1. The molecule has 0 aliphatic heterocycles. The van der Waals surface area contributed by atoms with Crippen LogP contribution in [0.2, 0.25) is 5.22 Å². The maximum Gasteiger partial charge on any atom is 0.193 e. The minimum Gasteiger partial charge on any atom is -0.496 e. The Morgan fingerprint density at radius 1 is 1.22 bits per heavy atom. The molecule has 1 heterocycles. The van der Waals surface area contributed by atoms with Gasteiger partial charge in [-0.25, -0.2) is 0 Å². The second-order valence-electron chi connectivity index (χ2n) is 4.23. The van der Waals surface area contributed by atoms with Crippen LogP contribution >= 0.6 is 11.6 Å². The Morgan fingerprint density at radius 3 is 2.28 bits per heavy atom. The number of rotatable bonds is 3. The largest absolute Gasteiger partial charge is 0.496 e. The molecule has 3 nitrogen and oxygen atoms in total. The fraction of sp³-hybridized carbons (Fsp3) is 0.286. The summed E-state index contributed by atoms with van der Waals surface area (Å²) < 4.78 is 10.5. The van der Waals surface area contributed by atoms with Gasteiger partial charge in [-0.05, 0) is 66.4 Å². The monoisotopic (exact) mass is 266 g/mol. The summed E-state index contributed by atoms with van der Waals surface area (Å²) >= 11 is 5.70. The number of hydrogen-bond acceptors (Lipinski definition) is 3. The van der Waals surface area contributed by atoms with Gasteiger partial charge in [0.1, 0.15) is 17.6 Å². The maximum atomic E-state index is 10.2. The number of hydrogen-bond donors (Lipinski definition) is 1. The molecule has 0 saturated heterocycles. The third-order valence-electron chi connectivity index (χ3n) is 2.87. The molecule has 0 aliphatic rings. The topological polar surface area (TPSA) is 42.6 Å². The van der Waals surface area contributed by atoms with Crippen LogP contribution < -0.4 is 4.74 Å². The van der Waals surface area contributed by atoms with Crippen LogP contribution in [0.5, 0.6) is 5.75 Å². The molecule has 0 aliphatic carbocycles. The van der Waals surface area contributed by atoms with Gasteiger partial charge < -0.3 is 14.3 Å². The first-order valence-electron chi connectivity index (χ1n) is 5.61. The molecule has 2 rings (SSSR count). The minimum atomic E-state index is -0.819. The lowest BCUT2D eigenvalue weighted by molar-refractivity contribution is 0.189. The van der Waals surface area contributed by atoms with E-state index in [1.807, 2.05) is 26.0 Å². The van der Waals surface area contributed by atoms with E-state index < -0.39 is 6.10 Å². The summed E-state index contributed by atoms with van der Waals surface area (Å²) in [5.41, 5.74) is 2.71. The van der Waals surface area contributed by atoms with Gasteiger partial charge in [0.15, 0.2) is 5.22 Å². The predicted molar refractivity (Wildman–Crippen MR) is 70.2 cm³/mol. The zero-order valence-electron chi connectivity index (χ0n) is 10.5. The molecule has 96 valence electrons. The Kier molecular flexibility index (Phi) is 3.64.